The monoisotopic (exact) mass is 406 g/mol. The van der Waals surface area contributed by atoms with Crippen LogP contribution < -0.4 is 15.2 Å². The van der Waals surface area contributed by atoms with Crippen molar-refractivity contribution in [3.8, 4) is 11.5 Å². The van der Waals surface area contributed by atoms with Crippen molar-refractivity contribution in [3.05, 3.63) is 61.0 Å². The highest BCUT2D eigenvalue weighted by atomic mass is 79.9. The summed E-state index contributed by atoms with van der Waals surface area (Å²) in [6.45, 7) is 1.18. The first-order valence-corrected chi connectivity index (χ1v) is 8.18. The van der Waals surface area contributed by atoms with Crippen molar-refractivity contribution in [3.63, 3.8) is 0 Å². The fraction of sp³-hybridized carbons (Fsp3) is 0.188. The van der Waals surface area contributed by atoms with Gasteiger partial charge in [-0.15, -0.1) is 0 Å². The summed E-state index contributed by atoms with van der Waals surface area (Å²) in [5.41, 5.74) is 1.33. The van der Waals surface area contributed by atoms with Crippen molar-refractivity contribution < 1.29 is 18.8 Å². The number of hydrogen-bond donors (Lipinski definition) is 0. The van der Waals surface area contributed by atoms with E-state index in [1.807, 2.05) is 0 Å². The molecule has 128 valence electrons. The summed E-state index contributed by atoms with van der Waals surface area (Å²) in [4.78, 5) is 22.5. The first-order valence-electron chi connectivity index (χ1n) is 7.39. The van der Waals surface area contributed by atoms with Crippen LogP contribution in [0.5, 0.6) is 11.5 Å². The number of aromatic nitrogens is 1. The standard InChI is InChI=1S/C16H11BrN2O6/c17-11-7-15-14(23-3-4-24-15)5-9(11)8-18-12-2-1-10(19(21)22)6-13(12)25-16(18)20/h1-2,5-7H,3-4,8H2. The Bertz CT molecular complexity index is 1050. The van der Waals surface area contributed by atoms with Gasteiger partial charge < -0.3 is 13.9 Å². The molecule has 0 radical (unpaired) electrons. The van der Waals surface area contributed by atoms with Gasteiger partial charge in [0.25, 0.3) is 5.69 Å². The van der Waals surface area contributed by atoms with Gasteiger partial charge in [0.05, 0.1) is 23.1 Å². The highest BCUT2D eigenvalue weighted by molar-refractivity contribution is 9.10. The van der Waals surface area contributed by atoms with Crippen LogP contribution in [0.4, 0.5) is 5.69 Å². The molecule has 0 amide bonds. The molecule has 3 aromatic rings. The van der Waals surface area contributed by atoms with E-state index < -0.39 is 10.7 Å². The number of halogens is 1. The molecule has 1 aromatic heterocycles. The maximum Gasteiger partial charge on any atom is 0.420 e. The Morgan fingerprint density at radius 2 is 1.88 bits per heavy atom. The number of ether oxygens (including phenoxy) is 2. The molecule has 0 fully saturated rings. The molecule has 25 heavy (non-hydrogen) atoms. The average molecular weight is 407 g/mol. The number of nitro benzene ring substituents is 1. The van der Waals surface area contributed by atoms with Crippen molar-refractivity contribution in [1.29, 1.82) is 0 Å². The number of rotatable bonds is 3. The van der Waals surface area contributed by atoms with Crippen LogP contribution in [0, 0.1) is 10.1 Å². The van der Waals surface area contributed by atoms with E-state index in [1.165, 1.54) is 22.8 Å². The lowest BCUT2D eigenvalue weighted by Gasteiger charge is -2.20. The highest BCUT2D eigenvalue weighted by Crippen LogP contribution is 2.36. The largest absolute Gasteiger partial charge is 0.486 e. The molecule has 2 heterocycles. The van der Waals surface area contributed by atoms with Gasteiger partial charge in [-0.25, -0.2) is 4.79 Å². The zero-order chi connectivity index (χ0) is 17.6. The van der Waals surface area contributed by atoms with E-state index in [0.717, 1.165) is 10.0 Å². The molecule has 9 heteroatoms. The van der Waals surface area contributed by atoms with Crippen LogP contribution in [-0.4, -0.2) is 22.7 Å². The molecule has 0 atom stereocenters. The summed E-state index contributed by atoms with van der Waals surface area (Å²) in [5, 5.41) is 10.9. The minimum atomic E-state index is -0.586. The van der Waals surface area contributed by atoms with E-state index in [4.69, 9.17) is 13.9 Å². The minimum Gasteiger partial charge on any atom is -0.486 e. The van der Waals surface area contributed by atoms with Crippen LogP contribution in [0.15, 0.2) is 44.0 Å². The Kier molecular flexibility index (Phi) is 3.72. The second-order valence-corrected chi connectivity index (χ2v) is 6.30. The molecule has 4 rings (SSSR count). The topological polar surface area (TPSA) is 96.7 Å². The van der Waals surface area contributed by atoms with E-state index in [9.17, 15) is 14.9 Å². The third kappa shape index (κ3) is 2.76. The average Bonchev–Trinajstić information content (AvgIpc) is 2.90. The molecular weight excluding hydrogens is 396 g/mol. The van der Waals surface area contributed by atoms with Crippen molar-refractivity contribution in [2.45, 2.75) is 6.54 Å². The Labute approximate surface area is 148 Å². The molecule has 0 unspecified atom stereocenters. The van der Waals surface area contributed by atoms with Gasteiger partial charge in [-0.3, -0.25) is 14.7 Å². The van der Waals surface area contributed by atoms with Gasteiger partial charge >= 0.3 is 5.76 Å². The zero-order valence-corrected chi connectivity index (χ0v) is 14.3. The molecule has 1 aliphatic heterocycles. The minimum absolute atomic E-state index is 0.131. The van der Waals surface area contributed by atoms with Crippen molar-refractivity contribution in [2.75, 3.05) is 13.2 Å². The van der Waals surface area contributed by atoms with E-state index in [1.54, 1.807) is 12.1 Å². The number of non-ortho nitro benzene ring substituents is 1. The summed E-state index contributed by atoms with van der Waals surface area (Å²) in [5.74, 6) is 0.667. The first-order chi connectivity index (χ1) is 12.0. The van der Waals surface area contributed by atoms with Gasteiger partial charge in [-0.05, 0) is 23.8 Å². The van der Waals surface area contributed by atoms with Crippen LogP contribution in [0.2, 0.25) is 0 Å². The molecule has 0 aliphatic carbocycles. The second kappa shape index (κ2) is 5.92. The number of hydrogen-bond acceptors (Lipinski definition) is 6. The number of nitro groups is 1. The van der Waals surface area contributed by atoms with Crippen molar-refractivity contribution >= 4 is 32.7 Å². The Morgan fingerprint density at radius 1 is 1.16 bits per heavy atom. The third-order valence-corrected chi connectivity index (χ3v) is 4.64. The predicted molar refractivity (Wildman–Crippen MR) is 91.4 cm³/mol. The van der Waals surface area contributed by atoms with Crippen molar-refractivity contribution in [1.82, 2.24) is 4.57 Å². The SMILES string of the molecule is O=c1oc2cc([N+](=O)[O-])ccc2n1Cc1cc2c(cc1Br)OCCO2. The fourth-order valence-corrected chi connectivity index (χ4v) is 3.16. The molecule has 0 bridgehead atoms. The van der Waals surface area contributed by atoms with Gasteiger partial charge in [0.1, 0.15) is 13.2 Å². The van der Waals surface area contributed by atoms with Crippen LogP contribution in [-0.2, 0) is 6.54 Å². The van der Waals surface area contributed by atoms with Gasteiger partial charge in [-0.2, -0.15) is 0 Å². The zero-order valence-electron chi connectivity index (χ0n) is 12.7. The van der Waals surface area contributed by atoms with Crippen molar-refractivity contribution in [2.24, 2.45) is 0 Å². The number of nitrogens with zero attached hydrogens (tertiary/aromatic N) is 2. The van der Waals surface area contributed by atoms with Gasteiger partial charge in [-0.1, -0.05) is 15.9 Å². The van der Waals surface area contributed by atoms with E-state index in [-0.39, 0.29) is 17.8 Å². The van der Waals surface area contributed by atoms with Crippen LogP contribution in [0.25, 0.3) is 11.1 Å². The summed E-state index contributed by atoms with van der Waals surface area (Å²) < 4.78 is 18.4. The molecule has 0 saturated carbocycles. The maximum absolute atomic E-state index is 12.2. The fourth-order valence-electron chi connectivity index (χ4n) is 2.72. The van der Waals surface area contributed by atoms with E-state index in [2.05, 4.69) is 15.9 Å². The van der Waals surface area contributed by atoms with Gasteiger partial charge in [0.15, 0.2) is 17.1 Å². The quantitative estimate of drug-likeness (QED) is 0.489. The summed E-state index contributed by atoms with van der Waals surface area (Å²) in [6.07, 6.45) is 0. The Balaban J connectivity index is 1.77. The summed E-state index contributed by atoms with van der Waals surface area (Å²) in [7, 11) is 0. The number of oxazole rings is 1. The lowest BCUT2D eigenvalue weighted by atomic mass is 10.2. The molecule has 8 nitrogen and oxygen atoms in total. The summed E-state index contributed by atoms with van der Waals surface area (Å²) in [6, 6.07) is 7.68. The van der Waals surface area contributed by atoms with Crippen LogP contribution >= 0.6 is 15.9 Å². The molecule has 0 spiro atoms. The lowest BCUT2D eigenvalue weighted by molar-refractivity contribution is -0.384. The Morgan fingerprint density at radius 3 is 2.60 bits per heavy atom. The molecule has 0 N–H and O–H groups in total. The number of benzene rings is 2. The molecular formula is C16H11BrN2O6. The smallest absolute Gasteiger partial charge is 0.420 e. The van der Waals surface area contributed by atoms with Crippen LogP contribution in [0.1, 0.15) is 5.56 Å². The second-order valence-electron chi connectivity index (χ2n) is 5.45. The van der Waals surface area contributed by atoms with E-state index >= 15 is 0 Å². The molecule has 0 saturated heterocycles. The lowest BCUT2D eigenvalue weighted by Crippen LogP contribution is -2.17. The Hall–Kier alpha value is -2.81. The van der Waals surface area contributed by atoms with Gasteiger partial charge in [0, 0.05) is 10.5 Å². The van der Waals surface area contributed by atoms with E-state index in [0.29, 0.717) is 30.2 Å². The molecule has 2 aromatic carbocycles. The third-order valence-electron chi connectivity index (χ3n) is 3.90. The maximum atomic E-state index is 12.2. The highest BCUT2D eigenvalue weighted by Gasteiger charge is 2.18. The normalized spacial score (nSPS) is 13.2. The van der Waals surface area contributed by atoms with Gasteiger partial charge in [0.2, 0.25) is 0 Å². The molecule has 1 aliphatic rings. The first kappa shape index (κ1) is 15.7. The number of fused-ring (bicyclic) bond motifs is 2. The summed E-state index contributed by atoms with van der Waals surface area (Å²) >= 11 is 3.47. The predicted octanol–water partition coefficient (Wildman–Crippen LogP) is 3.08. The van der Waals surface area contributed by atoms with Crippen LogP contribution in [0.3, 0.4) is 0 Å².